The Morgan fingerprint density at radius 3 is 1.32 bits per heavy atom. The Hall–Kier alpha value is -3.41. The molecule has 0 bridgehead atoms. The molecule has 0 radical (unpaired) electrons. The van der Waals surface area contributed by atoms with Crippen molar-refractivity contribution < 1.29 is 39.8 Å². The Labute approximate surface area is 446 Å². The Balaban J connectivity index is 2.05. The average molecular weight is 1020 g/mol. The lowest BCUT2D eigenvalue weighted by atomic mass is 9.99. The first-order valence-corrected chi connectivity index (χ1v) is 29.3. The molecule has 0 aromatic rings. The molecule has 0 aromatic carbocycles. The maximum atomic E-state index is 13.0. The molecule has 1 aliphatic heterocycles. The summed E-state index contributed by atoms with van der Waals surface area (Å²) in [6.07, 6.45) is 71.6. The van der Waals surface area contributed by atoms with E-state index in [2.05, 4.69) is 129 Å². The van der Waals surface area contributed by atoms with Crippen LogP contribution in [0, 0.1) is 0 Å². The Morgan fingerprint density at radius 1 is 0.479 bits per heavy atom. The van der Waals surface area contributed by atoms with Gasteiger partial charge in [0, 0.05) is 6.42 Å². The predicted octanol–water partition coefficient (Wildman–Crippen LogP) is 14.7. The second-order valence-corrected chi connectivity index (χ2v) is 19.7. The quantitative estimate of drug-likeness (QED) is 0.0261. The summed E-state index contributed by atoms with van der Waals surface area (Å²) in [5.74, 6) is -0.193. The topological polar surface area (TPSA) is 149 Å². The first kappa shape index (κ1) is 67.6. The summed E-state index contributed by atoms with van der Waals surface area (Å²) in [6.45, 7) is 3.58. The first-order valence-electron chi connectivity index (χ1n) is 29.3. The van der Waals surface area contributed by atoms with Crippen LogP contribution < -0.4 is 5.32 Å². The Kier molecular flexibility index (Phi) is 48.2. The molecule has 9 nitrogen and oxygen atoms in total. The van der Waals surface area contributed by atoms with Crippen LogP contribution in [0.3, 0.4) is 0 Å². The number of ether oxygens (including phenoxy) is 2. The number of hydrogen-bond donors (Lipinski definition) is 6. The van der Waals surface area contributed by atoms with Gasteiger partial charge in [0.05, 0.1) is 25.4 Å². The minimum absolute atomic E-state index is 0.193. The monoisotopic (exact) mass is 1020 g/mol. The second-order valence-electron chi connectivity index (χ2n) is 19.7. The van der Waals surface area contributed by atoms with Gasteiger partial charge in [-0.15, -0.1) is 0 Å². The maximum absolute atomic E-state index is 13.0. The highest BCUT2D eigenvalue weighted by atomic mass is 16.7. The summed E-state index contributed by atoms with van der Waals surface area (Å²) in [5.41, 5.74) is 0. The van der Waals surface area contributed by atoms with Gasteiger partial charge in [-0.1, -0.05) is 238 Å². The molecule has 0 spiro atoms. The van der Waals surface area contributed by atoms with Crippen molar-refractivity contribution in [2.75, 3.05) is 13.2 Å². The lowest BCUT2D eigenvalue weighted by Crippen LogP contribution is -2.60. The SMILES string of the molecule is CC/C=C\C/C=C\C/C=C\C/C=C\C/C=C\C/C=C\C/C=C\C/C=C\CCCCCCCCCCCCCCCCCCC(=O)NC(COC1OC(CO)C(O)C(O)C1O)C(O)/C=C/CC/C=C/CCCCC. The summed E-state index contributed by atoms with van der Waals surface area (Å²) < 4.78 is 11.2. The van der Waals surface area contributed by atoms with E-state index in [0.717, 1.165) is 89.9 Å². The van der Waals surface area contributed by atoms with Crippen LogP contribution in [0.5, 0.6) is 0 Å². The molecule has 73 heavy (non-hydrogen) atoms. The van der Waals surface area contributed by atoms with Gasteiger partial charge in [0.25, 0.3) is 0 Å². The average Bonchev–Trinajstić information content (AvgIpc) is 3.39. The van der Waals surface area contributed by atoms with Crippen molar-refractivity contribution in [2.24, 2.45) is 0 Å². The summed E-state index contributed by atoms with van der Waals surface area (Å²) in [7, 11) is 0. The number of carbonyl (C=O) groups excluding carboxylic acids is 1. The zero-order valence-electron chi connectivity index (χ0n) is 46.1. The molecule has 7 unspecified atom stereocenters. The molecule has 1 aliphatic rings. The van der Waals surface area contributed by atoms with Crippen molar-refractivity contribution in [1.29, 1.82) is 0 Å². The smallest absolute Gasteiger partial charge is 0.220 e. The van der Waals surface area contributed by atoms with Crippen LogP contribution in [0.1, 0.15) is 219 Å². The molecule has 1 saturated heterocycles. The van der Waals surface area contributed by atoms with E-state index in [4.69, 9.17) is 9.47 Å². The number of rotatable bonds is 48. The number of hydrogen-bond acceptors (Lipinski definition) is 8. The van der Waals surface area contributed by atoms with E-state index in [0.29, 0.717) is 6.42 Å². The summed E-state index contributed by atoms with van der Waals surface area (Å²) >= 11 is 0. The fraction of sp³-hybridized carbons (Fsp3) is 0.672. The van der Waals surface area contributed by atoms with E-state index >= 15 is 0 Å². The van der Waals surface area contributed by atoms with Gasteiger partial charge in [0.2, 0.25) is 5.91 Å². The van der Waals surface area contributed by atoms with E-state index in [1.54, 1.807) is 6.08 Å². The molecule has 1 amide bonds. The number of aliphatic hydroxyl groups is 5. The Morgan fingerprint density at radius 2 is 0.863 bits per heavy atom. The second kappa shape index (κ2) is 52.0. The van der Waals surface area contributed by atoms with E-state index in [-0.39, 0.29) is 12.5 Å². The van der Waals surface area contributed by atoms with Crippen molar-refractivity contribution in [1.82, 2.24) is 5.32 Å². The molecule has 0 aromatic heterocycles. The summed E-state index contributed by atoms with van der Waals surface area (Å²) in [6, 6.07) is -0.825. The van der Waals surface area contributed by atoms with Crippen LogP contribution >= 0.6 is 0 Å². The van der Waals surface area contributed by atoms with Gasteiger partial charge in [-0.25, -0.2) is 0 Å². The van der Waals surface area contributed by atoms with Gasteiger partial charge in [-0.3, -0.25) is 4.79 Å². The van der Waals surface area contributed by atoms with E-state index in [1.165, 1.54) is 109 Å². The summed E-state index contributed by atoms with van der Waals surface area (Å²) in [5, 5.41) is 54.2. The number of carbonyl (C=O) groups is 1. The van der Waals surface area contributed by atoms with Gasteiger partial charge in [-0.2, -0.15) is 0 Å². The van der Waals surface area contributed by atoms with Crippen LogP contribution in [0.2, 0.25) is 0 Å². The number of allylic oxidation sites excluding steroid dienone is 19. The van der Waals surface area contributed by atoms with Crippen LogP contribution in [-0.2, 0) is 14.3 Å². The van der Waals surface area contributed by atoms with Crippen LogP contribution in [0.4, 0.5) is 0 Å². The van der Waals surface area contributed by atoms with Crippen molar-refractivity contribution in [3.63, 3.8) is 0 Å². The highest BCUT2D eigenvalue weighted by molar-refractivity contribution is 5.76. The number of nitrogens with one attached hydrogen (secondary N) is 1. The number of amides is 1. The van der Waals surface area contributed by atoms with Crippen LogP contribution in [-0.4, -0.2) is 87.5 Å². The fourth-order valence-corrected chi connectivity index (χ4v) is 8.42. The molecular weight excluding hydrogens is 911 g/mol. The molecule has 1 heterocycles. The third-order valence-electron chi connectivity index (χ3n) is 13.0. The van der Waals surface area contributed by atoms with Crippen molar-refractivity contribution in [3.8, 4) is 0 Å². The lowest BCUT2D eigenvalue weighted by Gasteiger charge is -2.40. The molecule has 1 rings (SSSR count). The van der Waals surface area contributed by atoms with Gasteiger partial charge < -0.3 is 40.3 Å². The van der Waals surface area contributed by atoms with Gasteiger partial charge in [0.15, 0.2) is 6.29 Å². The molecule has 7 atom stereocenters. The third kappa shape index (κ3) is 41.5. The van der Waals surface area contributed by atoms with Crippen LogP contribution in [0.15, 0.2) is 122 Å². The molecule has 0 saturated carbocycles. The zero-order chi connectivity index (χ0) is 52.9. The zero-order valence-corrected chi connectivity index (χ0v) is 46.1. The molecule has 416 valence electrons. The minimum Gasteiger partial charge on any atom is -0.394 e. The summed E-state index contributed by atoms with van der Waals surface area (Å²) in [4.78, 5) is 13.0. The Bertz CT molecular complexity index is 1560. The minimum atomic E-state index is -1.57. The lowest BCUT2D eigenvalue weighted by molar-refractivity contribution is -0.302. The van der Waals surface area contributed by atoms with Gasteiger partial charge >= 0.3 is 0 Å². The highest BCUT2D eigenvalue weighted by Gasteiger charge is 2.44. The van der Waals surface area contributed by atoms with Crippen LogP contribution in [0.25, 0.3) is 0 Å². The molecule has 6 N–H and O–H groups in total. The molecule has 0 aliphatic carbocycles. The third-order valence-corrected chi connectivity index (χ3v) is 13.0. The standard InChI is InChI=1S/C64H107NO8/c1-3-5-7-9-11-13-14-15-16-17-18-19-20-21-22-23-24-25-26-27-28-29-30-31-32-33-34-35-36-37-38-39-40-41-42-43-44-46-48-50-52-54-60(68)65-57(58(67)53-51-49-47-45-12-10-8-6-4-2)56-72-64-63(71)62(70)61(69)59(55-66)73-64/h5,7,11-13,15-16,18-19,21-22,24-25,27-28,30-31,45,51,53,57-59,61-64,66-67,69-71H,3-4,6,8-10,14,17,20,23,26,29,32-44,46-50,52,54-56H2,1-2H3,(H,65,68)/b7-5-,13-11-,16-15-,19-18-,22-21-,25-24-,28-27-,31-30-,45-12+,53-51+. The van der Waals surface area contributed by atoms with E-state index in [9.17, 15) is 30.3 Å². The fourth-order valence-electron chi connectivity index (χ4n) is 8.42. The highest BCUT2D eigenvalue weighted by Crippen LogP contribution is 2.23. The largest absolute Gasteiger partial charge is 0.394 e. The van der Waals surface area contributed by atoms with Crippen molar-refractivity contribution >= 4 is 5.91 Å². The number of unbranched alkanes of at least 4 members (excludes halogenated alkanes) is 20. The van der Waals surface area contributed by atoms with Crippen molar-refractivity contribution in [2.45, 2.75) is 262 Å². The molecule has 9 heteroatoms. The number of aliphatic hydroxyl groups excluding tert-OH is 5. The molecular formula is C64H107NO8. The maximum Gasteiger partial charge on any atom is 0.220 e. The van der Waals surface area contributed by atoms with Crippen molar-refractivity contribution in [3.05, 3.63) is 122 Å². The van der Waals surface area contributed by atoms with Gasteiger partial charge in [-0.05, 0) is 96.3 Å². The normalized spacial score (nSPS) is 20.0. The van der Waals surface area contributed by atoms with Gasteiger partial charge in [0.1, 0.15) is 24.4 Å². The predicted molar refractivity (Wildman–Crippen MR) is 308 cm³/mol. The first-order chi connectivity index (χ1) is 35.8. The van der Waals surface area contributed by atoms with E-state index in [1.807, 2.05) is 6.08 Å². The van der Waals surface area contributed by atoms with E-state index < -0.39 is 49.5 Å². The molecule has 1 fully saturated rings.